The zero-order valence-electron chi connectivity index (χ0n) is 21.7. The van der Waals surface area contributed by atoms with E-state index >= 15 is 0 Å². The first-order valence-corrected chi connectivity index (χ1v) is 12.4. The number of hydrogen-bond donors (Lipinski definition) is 4. The lowest BCUT2D eigenvalue weighted by Gasteiger charge is -2.35. The number of aliphatic hydroxyl groups excluding tert-OH is 1. The van der Waals surface area contributed by atoms with Crippen LogP contribution in [0.4, 0.5) is 32.3 Å². The summed E-state index contributed by atoms with van der Waals surface area (Å²) in [5.41, 5.74) is 1.07. The van der Waals surface area contributed by atoms with E-state index < -0.39 is 24.3 Å². The summed E-state index contributed by atoms with van der Waals surface area (Å²) in [6, 6.07) is 5.80. The third kappa shape index (κ3) is 9.77. The topological polar surface area (TPSA) is 154 Å². The average molecular weight is 601 g/mol. The summed E-state index contributed by atoms with van der Waals surface area (Å²) in [7, 11) is 0. The molecule has 0 atom stereocenters. The van der Waals surface area contributed by atoms with Crippen LogP contribution in [-0.2, 0) is 14.3 Å². The summed E-state index contributed by atoms with van der Waals surface area (Å²) >= 11 is 0. The van der Waals surface area contributed by atoms with Gasteiger partial charge in [-0.1, -0.05) is 25.3 Å². The van der Waals surface area contributed by atoms with Crippen LogP contribution in [0.15, 0.2) is 24.4 Å². The Kier molecular flexibility index (Phi) is 11.8. The van der Waals surface area contributed by atoms with Gasteiger partial charge in [0.05, 0.1) is 25.3 Å². The highest BCUT2D eigenvalue weighted by molar-refractivity contribution is 5.99. The number of pyridine rings is 1. The second-order valence-electron chi connectivity index (χ2n) is 9.32. The Balaban J connectivity index is 0.000000349. The van der Waals surface area contributed by atoms with Crippen molar-refractivity contribution in [3.8, 4) is 0 Å². The molecule has 0 radical (unpaired) electrons. The zero-order valence-corrected chi connectivity index (χ0v) is 21.7. The van der Waals surface area contributed by atoms with Gasteiger partial charge < -0.3 is 30.3 Å². The van der Waals surface area contributed by atoms with E-state index in [1.807, 2.05) is 28.8 Å². The van der Waals surface area contributed by atoms with Crippen LogP contribution in [0.1, 0.15) is 42.6 Å². The molecule has 1 aliphatic heterocycles. The first kappa shape index (κ1) is 33.6. The van der Waals surface area contributed by atoms with Gasteiger partial charge in [-0.25, -0.2) is 14.6 Å². The number of carboxylic acid groups (broad SMARTS) is 2. The lowest BCUT2D eigenvalue weighted by atomic mass is 9.74. The maximum Gasteiger partial charge on any atom is 0.490 e. The van der Waals surface area contributed by atoms with Crippen LogP contribution in [0.25, 0.3) is 5.52 Å². The second-order valence-corrected chi connectivity index (χ2v) is 9.32. The maximum atomic E-state index is 12.9. The summed E-state index contributed by atoms with van der Waals surface area (Å²) in [4.78, 5) is 37.6. The minimum absolute atomic E-state index is 0.121. The predicted octanol–water partition coefficient (Wildman–Crippen LogP) is 3.11. The van der Waals surface area contributed by atoms with Crippen molar-refractivity contribution in [3.63, 3.8) is 0 Å². The number of amides is 1. The Morgan fingerprint density at radius 3 is 1.98 bits per heavy atom. The third-order valence-corrected chi connectivity index (χ3v) is 6.40. The predicted molar refractivity (Wildman–Crippen MR) is 131 cm³/mol. The van der Waals surface area contributed by atoms with E-state index in [0.29, 0.717) is 25.5 Å². The smallest absolute Gasteiger partial charge is 0.475 e. The molecule has 1 saturated heterocycles. The Morgan fingerprint density at radius 2 is 1.49 bits per heavy atom. The second kappa shape index (κ2) is 14.3. The van der Waals surface area contributed by atoms with Gasteiger partial charge in [-0.3, -0.25) is 9.20 Å². The summed E-state index contributed by atoms with van der Waals surface area (Å²) in [5.74, 6) is -4.90. The van der Waals surface area contributed by atoms with Gasteiger partial charge in [-0.2, -0.15) is 26.3 Å². The van der Waals surface area contributed by atoms with Gasteiger partial charge in [0.1, 0.15) is 0 Å². The standard InChI is InChI=1S/C20H28N4O3.2C2HF3O2/c25-15-20(7-3-1-4-8-20)14-21-18(26)17-16-6-2-5-9-24(16)19(22-17)23-10-12-27-13-11-23;2*3-2(4,5)1(6)7/h2,5-6,9,25H,1,3-4,7-8,10-15H2,(H,21,26);2*(H,6,7). The number of carboxylic acids is 2. The van der Waals surface area contributed by atoms with Crippen molar-refractivity contribution in [2.45, 2.75) is 44.5 Å². The van der Waals surface area contributed by atoms with E-state index in [0.717, 1.165) is 50.2 Å². The molecule has 0 bridgehead atoms. The fraction of sp³-hybridized carbons (Fsp3) is 0.583. The van der Waals surface area contributed by atoms with E-state index in [1.54, 1.807) is 0 Å². The fourth-order valence-electron chi connectivity index (χ4n) is 4.22. The number of aliphatic hydroxyl groups is 1. The van der Waals surface area contributed by atoms with Crippen LogP contribution < -0.4 is 10.2 Å². The minimum Gasteiger partial charge on any atom is -0.475 e. The molecule has 3 heterocycles. The van der Waals surface area contributed by atoms with Crippen molar-refractivity contribution in [1.29, 1.82) is 0 Å². The number of anilines is 1. The fourth-order valence-corrected chi connectivity index (χ4v) is 4.22. The van der Waals surface area contributed by atoms with Gasteiger partial charge in [0.2, 0.25) is 5.95 Å². The molecule has 2 aromatic rings. The highest BCUT2D eigenvalue weighted by Crippen LogP contribution is 2.35. The van der Waals surface area contributed by atoms with E-state index in [9.17, 15) is 36.2 Å². The van der Waals surface area contributed by atoms with Crippen LogP contribution in [0, 0.1) is 5.41 Å². The first-order valence-electron chi connectivity index (χ1n) is 12.4. The number of aliphatic carboxylic acids is 2. The molecule has 4 N–H and O–H groups in total. The molecular weight excluding hydrogens is 570 g/mol. The van der Waals surface area contributed by atoms with Crippen molar-refractivity contribution >= 4 is 29.3 Å². The van der Waals surface area contributed by atoms with Gasteiger partial charge >= 0.3 is 24.3 Å². The van der Waals surface area contributed by atoms with E-state index in [1.165, 1.54) is 6.42 Å². The van der Waals surface area contributed by atoms with Crippen LogP contribution in [0.3, 0.4) is 0 Å². The summed E-state index contributed by atoms with van der Waals surface area (Å²) in [6.45, 7) is 3.49. The molecule has 1 amide bonds. The van der Waals surface area contributed by atoms with E-state index in [2.05, 4.69) is 15.2 Å². The first-order chi connectivity index (χ1) is 19.1. The Bertz CT molecular complexity index is 1150. The number of carbonyl (C=O) groups is 3. The number of alkyl halides is 6. The van der Waals surface area contributed by atoms with Gasteiger partial charge in [0.25, 0.3) is 5.91 Å². The Hall–Kier alpha value is -3.60. The van der Waals surface area contributed by atoms with Gasteiger partial charge in [0, 0.05) is 31.2 Å². The maximum absolute atomic E-state index is 12.9. The molecule has 0 unspecified atom stereocenters. The number of nitrogens with zero attached hydrogens (tertiary/aromatic N) is 3. The quantitative estimate of drug-likeness (QED) is 0.379. The number of fused-ring (bicyclic) bond motifs is 1. The lowest BCUT2D eigenvalue weighted by molar-refractivity contribution is -0.193. The molecule has 2 fully saturated rings. The summed E-state index contributed by atoms with van der Waals surface area (Å²) in [5, 5.41) is 27.2. The number of halogens is 6. The molecule has 230 valence electrons. The summed E-state index contributed by atoms with van der Waals surface area (Å²) in [6.07, 6.45) is -2.85. The number of hydrogen-bond acceptors (Lipinski definition) is 7. The molecule has 0 spiro atoms. The van der Waals surface area contributed by atoms with Crippen molar-refractivity contribution in [2.75, 3.05) is 44.4 Å². The molecule has 41 heavy (non-hydrogen) atoms. The van der Waals surface area contributed by atoms with Crippen LogP contribution in [-0.4, -0.2) is 94.4 Å². The normalized spacial score (nSPS) is 17.0. The number of carbonyl (C=O) groups excluding carboxylic acids is 1. The monoisotopic (exact) mass is 600 g/mol. The van der Waals surface area contributed by atoms with Crippen molar-refractivity contribution in [2.24, 2.45) is 5.41 Å². The molecule has 4 rings (SSSR count). The molecule has 1 aliphatic carbocycles. The Labute approximate surface area is 229 Å². The number of imidazole rings is 1. The van der Waals surface area contributed by atoms with Gasteiger partial charge in [-0.05, 0) is 25.0 Å². The molecule has 11 nitrogen and oxygen atoms in total. The van der Waals surface area contributed by atoms with E-state index in [-0.39, 0.29) is 17.9 Å². The zero-order chi connectivity index (χ0) is 30.8. The van der Waals surface area contributed by atoms with Gasteiger partial charge in [-0.15, -0.1) is 0 Å². The molecule has 17 heteroatoms. The van der Waals surface area contributed by atoms with Crippen molar-refractivity contribution in [1.82, 2.24) is 14.7 Å². The lowest BCUT2D eigenvalue weighted by Crippen LogP contribution is -2.41. The molecule has 1 saturated carbocycles. The summed E-state index contributed by atoms with van der Waals surface area (Å²) < 4.78 is 70.9. The largest absolute Gasteiger partial charge is 0.490 e. The highest BCUT2D eigenvalue weighted by atomic mass is 19.4. The van der Waals surface area contributed by atoms with E-state index in [4.69, 9.17) is 24.5 Å². The minimum atomic E-state index is -5.08. The van der Waals surface area contributed by atoms with Gasteiger partial charge in [0.15, 0.2) is 5.69 Å². The highest BCUT2D eigenvalue weighted by Gasteiger charge is 2.39. The number of nitrogens with one attached hydrogen (secondary N) is 1. The number of aromatic nitrogens is 2. The third-order valence-electron chi connectivity index (χ3n) is 6.40. The Morgan fingerprint density at radius 1 is 0.951 bits per heavy atom. The SMILES string of the molecule is O=C(NCC1(CO)CCCCC1)c1nc(N2CCOCC2)n2ccccc12.O=C(O)C(F)(F)F.O=C(O)C(F)(F)F. The van der Waals surface area contributed by atoms with Crippen LogP contribution in [0.5, 0.6) is 0 Å². The molecule has 2 aliphatic rings. The van der Waals surface area contributed by atoms with Crippen molar-refractivity contribution in [3.05, 3.63) is 30.1 Å². The van der Waals surface area contributed by atoms with Crippen LogP contribution >= 0.6 is 0 Å². The van der Waals surface area contributed by atoms with Crippen molar-refractivity contribution < 1.29 is 60.8 Å². The number of morpholine rings is 1. The van der Waals surface area contributed by atoms with Crippen LogP contribution in [0.2, 0.25) is 0 Å². The molecular formula is C24H30F6N4O7. The number of ether oxygens (including phenoxy) is 1. The molecule has 0 aromatic carbocycles. The number of rotatable bonds is 5. The molecule has 2 aromatic heterocycles. The average Bonchev–Trinajstić information content (AvgIpc) is 3.32.